The standard InChI is InChI=1S/C15H15ClN2O/c1-18-9-12-7-8-14(16)17-15(12)19-13(10-18)11-5-3-2-4-6-11/h2-8,13H,9-10H2,1H3. The molecule has 0 fully saturated rings. The zero-order valence-corrected chi connectivity index (χ0v) is 11.5. The van der Waals surface area contributed by atoms with Gasteiger partial charge in [-0.25, -0.2) is 4.98 Å². The summed E-state index contributed by atoms with van der Waals surface area (Å²) in [6, 6.07) is 14.0. The van der Waals surface area contributed by atoms with Crippen molar-refractivity contribution in [1.82, 2.24) is 9.88 Å². The van der Waals surface area contributed by atoms with E-state index in [2.05, 4.69) is 29.1 Å². The van der Waals surface area contributed by atoms with Gasteiger partial charge in [-0.15, -0.1) is 0 Å². The highest BCUT2D eigenvalue weighted by Gasteiger charge is 2.23. The molecule has 0 saturated heterocycles. The summed E-state index contributed by atoms with van der Waals surface area (Å²) in [6.07, 6.45) is -0.0154. The fourth-order valence-corrected chi connectivity index (χ4v) is 2.46. The number of rotatable bonds is 1. The van der Waals surface area contributed by atoms with E-state index in [1.165, 1.54) is 0 Å². The van der Waals surface area contributed by atoms with Crippen LogP contribution in [0.4, 0.5) is 0 Å². The van der Waals surface area contributed by atoms with E-state index in [-0.39, 0.29) is 6.10 Å². The lowest BCUT2D eigenvalue weighted by Crippen LogP contribution is -2.24. The van der Waals surface area contributed by atoms with Crippen molar-refractivity contribution in [3.8, 4) is 5.88 Å². The maximum absolute atomic E-state index is 6.06. The van der Waals surface area contributed by atoms with E-state index in [1.807, 2.05) is 24.3 Å². The molecule has 4 heteroatoms. The van der Waals surface area contributed by atoms with Gasteiger partial charge in [0.2, 0.25) is 5.88 Å². The molecule has 0 saturated carbocycles. The van der Waals surface area contributed by atoms with Crippen LogP contribution in [0.3, 0.4) is 0 Å². The maximum atomic E-state index is 6.06. The van der Waals surface area contributed by atoms with E-state index in [0.29, 0.717) is 11.0 Å². The SMILES string of the molecule is CN1Cc2ccc(Cl)nc2OC(c2ccccc2)C1. The smallest absolute Gasteiger partial charge is 0.219 e. The number of aromatic nitrogens is 1. The predicted octanol–water partition coefficient (Wildman–Crippen LogP) is 3.30. The summed E-state index contributed by atoms with van der Waals surface area (Å²) in [5.74, 6) is 0.644. The molecule has 19 heavy (non-hydrogen) atoms. The van der Waals surface area contributed by atoms with Gasteiger partial charge in [-0.1, -0.05) is 41.9 Å². The summed E-state index contributed by atoms with van der Waals surface area (Å²) in [6.45, 7) is 1.65. The molecule has 0 N–H and O–H groups in total. The van der Waals surface area contributed by atoms with Gasteiger partial charge in [-0.05, 0) is 24.7 Å². The van der Waals surface area contributed by atoms with E-state index in [9.17, 15) is 0 Å². The van der Waals surface area contributed by atoms with Gasteiger partial charge < -0.3 is 4.74 Å². The molecule has 3 rings (SSSR count). The van der Waals surface area contributed by atoms with Crippen LogP contribution in [0, 0.1) is 0 Å². The molecule has 1 aromatic heterocycles. The Morgan fingerprint density at radius 3 is 2.79 bits per heavy atom. The minimum atomic E-state index is -0.0154. The first-order chi connectivity index (χ1) is 9.22. The van der Waals surface area contributed by atoms with Gasteiger partial charge in [0.15, 0.2) is 0 Å². The summed E-state index contributed by atoms with van der Waals surface area (Å²) in [4.78, 5) is 6.54. The summed E-state index contributed by atoms with van der Waals surface area (Å²) in [5.41, 5.74) is 2.23. The number of likely N-dealkylation sites (N-methyl/N-ethyl adjacent to an activating group) is 1. The average Bonchev–Trinajstić information content (AvgIpc) is 2.58. The Bertz CT molecular complexity index is 574. The summed E-state index contributed by atoms with van der Waals surface area (Å²) in [5, 5.41) is 0.468. The van der Waals surface area contributed by atoms with Crippen molar-refractivity contribution < 1.29 is 4.74 Å². The molecule has 0 amide bonds. The van der Waals surface area contributed by atoms with Gasteiger partial charge in [0.1, 0.15) is 11.3 Å². The van der Waals surface area contributed by atoms with Crippen molar-refractivity contribution in [3.63, 3.8) is 0 Å². The van der Waals surface area contributed by atoms with E-state index in [1.54, 1.807) is 6.07 Å². The molecule has 1 atom stereocenters. The second kappa shape index (κ2) is 5.19. The number of nitrogens with zero attached hydrogens (tertiary/aromatic N) is 2. The molecule has 2 aromatic rings. The number of ether oxygens (including phenoxy) is 1. The van der Waals surface area contributed by atoms with Gasteiger partial charge in [0.25, 0.3) is 0 Å². The first kappa shape index (κ1) is 12.5. The highest BCUT2D eigenvalue weighted by Crippen LogP contribution is 2.30. The average molecular weight is 275 g/mol. The zero-order chi connectivity index (χ0) is 13.2. The largest absolute Gasteiger partial charge is 0.468 e. The van der Waals surface area contributed by atoms with Crippen LogP contribution >= 0.6 is 11.6 Å². The third kappa shape index (κ3) is 2.72. The van der Waals surface area contributed by atoms with Crippen LogP contribution in [-0.4, -0.2) is 23.5 Å². The van der Waals surface area contributed by atoms with Crippen LogP contribution < -0.4 is 4.74 Å². The maximum Gasteiger partial charge on any atom is 0.219 e. The third-order valence-electron chi connectivity index (χ3n) is 3.25. The highest BCUT2D eigenvalue weighted by atomic mass is 35.5. The van der Waals surface area contributed by atoms with Crippen LogP contribution in [0.5, 0.6) is 5.88 Å². The molecule has 0 radical (unpaired) electrons. The molecular weight excluding hydrogens is 260 g/mol. The number of hydrogen-bond acceptors (Lipinski definition) is 3. The Morgan fingerprint density at radius 1 is 1.21 bits per heavy atom. The van der Waals surface area contributed by atoms with Gasteiger partial charge in [-0.2, -0.15) is 0 Å². The van der Waals surface area contributed by atoms with Gasteiger partial charge >= 0.3 is 0 Å². The van der Waals surface area contributed by atoms with E-state index >= 15 is 0 Å². The summed E-state index contributed by atoms with van der Waals surface area (Å²) in [7, 11) is 2.09. The molecule has 1 aromatic carbocycles. The van der Waals surface area contributed by atoms with Gasteiger partial charge in [0.05, 0.1) is 0 Å². The summed E-state index contributed by atoms with van der Waals surface area (Å²) >= 11 is 5.96. The Kier molecular flexibility index (Phi) is 3.40. The van der Waals surface area contributed by atoms with E-state index in [0.717, 1.165) is 24.2 Å². The Hall–Kier alpha value is -1.58. The lowest BCUT2D eigenvalue weighted by atomic mass is 10.1. The predicted molar refractivity (Wildman–Crippen MR) is 75.4 cm³/mol. The molecule has 1 aliphatic heterocycles. The quantitative estimate of drug-likeness (QED) is 0.746. The van der Waals surface area contributed by atoms with Crippen molar-refractivity contribution in [3.05, 3.63) is 58.7 Å². The first-order valence-corrected chi connectivity index (χ1v) is 6.66. The topological polar surface area (TPSA) is 25.4 Å². The van der Waals surface area contributed by atoms with Crippen LogP contribution in [-0.2, 0) is 6.54 Å². The number of hydrogen-bond donors (Lipinski definition) is 0. The molecule has 0 spiro atoms. The third-order valence-corrected chi connectivity index (χ3v) is 3.46. The van der Waals surface area contributed by atoms with Crippen molar-refractivity contribution >= 4 is 11.6 Å². The molecule has 2 heterocycles. The molecule has 0 bridgehead atoms. The van der Waals surface area contributed by atoms with Crippen molar-refractivity contribution in [2.45, 2.75) is 12.6 Å². The number of benzene rings is 1. The van der Waals surface area contributed by atoms with Gasteiger partial charge in [0, 0.05) is 18.7 Å². The van der Waals surface area contributed by atoms with Crippen molar-refractivity contribution in [2.24, 2.45) is 0 Å². The fraction of sp³-hybridized carbons (Fsp3) is 0.267. The zero-order valence-electron chi connectivity index (χ0n) is 10.7. The normalized spacial score (nSPS) is 19.4. The molecule has 98 valence electrons. The highest BCUT2D eigenvalue weighted by molar-refractivity contribution is 6.29. The Morgan fingerprint density at radius 2 is 2.00 bits per heavy atom. The molecule has 0 aliphatic carbocycles. The van der Waals surface area contributed by atoms with E-state index < -0.39 is 0 Å². The van der Waals surface area contributed by atoms with Crippen LogP contribution in [0.25, 0.3) is 0 Å². The molecule has 1 unspecified atom stereocenters. The number of fused-ring (bicyclic) bond motifs is 1. The first-order valence-electron chi connectivity index (χ1n) is 6.28. The second-order valence-electron chi connectivity index (χ2n) is 4.81. The molecule has 1 aliphatic rings. The molecular formula is C15H15ClN2O. The fourth-order valence-electron chi connectivity index (χ4n) is 2.32. The second-order valence-corrected chi connectivity index (χ2v) is 5.20. The minimum Gasteiger partial charge on any atom is -0.468 e. The Labute approximate surface area is 117 Å². The number of pyridine rings is 1. The van der Waals surface area contributed by atoms with Gasteiger partial charge in [-0.3, -0.25) is 4.90 Å². The minimum absolute atomic E-state index is 0.0154. The van der Waals surface area contributed by atoms with Crippen LogP contribution in [0.1, 0.15) is 17.2 Å². The van der Waals surface area contributed by atoms with Crippen LogP contribution in [0.2, 0.25) is 5.15 Å². The lowest BCUT2D eigenvalue weighted by molar-refractivity contribution is 0.160. The monoisotopic (exact) mass is 274 g/mol. The van der Waals surface area contributed by atoms with Crippen molar-refractivity contribution in [1.29, 1.82) is 0 Å². The lowest BCUT2D eigenvalue weighted by Gasteiger charge is -2.20. The summed E-state index contributed by atoms with van der Waals surface area (Å²) < 4.78 is 6.06. The molecule has 3 nitrogen and oxygen atoms in total. The van der Waals surface area contributed by atoms with Crippen molar-refractivity contribution in [2.75, 3.05) is 13.6 Å². The van der Waals surface area contributed by atoms with Crippen LogP contribution in [0.15, 0.2) is 42.5 Å². The van der Waals surface area contributed by atoms with E-state index in [4.69, 9.17) is 16.3 Å². The number of halogens is 1. The Balaban J connectivity index is 1.97.